The van der Waals surface area contributed by atoms with E-state index in [1.165, 1.54) is 6.33 Å². The van der Waals surface area contributed by atoms with Crippen LogP contribution >= 0.6 is 0 Å². The second-order valence-electron chi connectivity index (χ2n) is 5.08. The predicted octanol–water partition coefficient (Wildman–Crippen LogP) is 2.24. The summed E-state index contributed by atoms with van der Waals surface area (Å²) in [4.78, 5) is 27.8. The highest BCUT2D eigenvalue weighted by Crippen LogP contribution is 2.16. The highest BCUT2D eigenvalue weighted by atomic mass is 16.2. The van der Waals surface area contributed by atoms with Crippen LogP contribution in [0.25, 0.3) is 0 Å². The lowest BCUT2D eigenvalue weighted by Crippen LogP contribution is -2.16. The molecule has 1 heterocycles. The summed E-state index contributed by atoms with van der Waals surface area (Å²) in [5.74, 6) is -0.409. The molecule has 1 aromatic heterocycles. The number of aromatic amines is 1. The highest BCUT2D eigenvalue weighted by Gasteiger charge is 2.09. The Morgan fingerprint density at radius 1 is 0.958 bits per heavy atom. The zero-order chi connectivity index (χ0) is 16.8. The van der Waals surface area contributed by atoms with E-state index in [1.807, 2.05) is 30.3 Å². The summed E-state index contributed by atoms with van der Waals surface area (Å²) in [6.07, 6.45) is 1.55. The topological polar surface area (TPSA) is 99.8 Å². The summed E-state index contributed by atoms with van der Waals surface area (Å²) in [6, 6.07) is 16.4. The number of rotatable bonds is 5. The van der Waals surface area contributed by atoms with Gasteiger partial charge in [0.05, 0.1) is 6.42 Å². The Kier molecular flexibility index (Phi) is 4.62. The Morgan fingerprint density at radius 2 is 1.71 bits per heavy atom. The van der Waals surface area contributed by atoms with E-state index < -0.39 is 5.91 Å². The van der Waals surface area contributed by atoms with Crippen LogP contribution in [0.15, 0.2) is 60.9 Å². The van der Waals surface area contributed by atoms with E-state index in [0.29, 0.717) is 11.4 Å². The van der Waals surface area contributed by atoms with Crippen molar-refractivity contribution in [1.29, 1.82) is 0 Å². The molecule has 7 heteroatoms. The maximum Gasteiger partial charge on any atom is 0.292 e. The van der Waals surface area contributed by atoms with Gasteiger partial charge >= 0.3 is 0 Å². The van der Waals surface area contributed by atoms with Gasteiger partial charge in [-0.3, -0.25) is 14.7 Å². The summed E-state index contributed by atoms with van der Waals surface area (Å²) in [6.45, 7) is 0. The molecular formula is C17H15N5O2. The van der Waals surface area contributed by atoms with Gasteiger partial charge in [-0.15, -0.1) is 0 Å². The third kappa shape index (κ3) is 4.04. The van der Waals surface area contributed by atoms with Gasteiger partial charge in [-0.1, -0.05) is 36.4 Å². The van der Waals surface area contributed by atoms with Crippen LogP contribution in [-0.4, -0.2) is 27.0 Å². The van der Waals surface area contributed by atoms with Crippen LogP contribution < -0.4 is 10.6 Å². The minimum absolute atomic E-state index is 0.119. The van der Waals surface area contributed by atoms with E-state index in [-0.39, 0.29) is 18.2 Å². The first-order valence-electron chi connectivity index (χ1n) is 7.31. The molecule has 2 aromatic carbocycles. The molecule has 0 radical (unpaired) electrons. The second-order valence-corrected chi connectivity index (χ2v) is 5.08. The number of H-pyrrole nitrogens is 1. The number of nitrogens with zero attached hydrogens (tertiary/aromatic N) is 2. The molecule has 0 unspecified atom stereocenters. The zero-order valence-electron chi connectivity index (χ0n) is 12.7. The molecule has 2 amide bonds. The number of aromatic nitrogens is 3. The molecule has 120 valence electrons. The smallest absolute Gasteiger partial charge is 0.292 e. The fraction of sp³-hybridized carbons (Fsp3) is 0.0588. The first-order chi connectivity index (χ1) is 11.7. The summed E-state index contributed by atoms with van der Waals surface area (Å²) < 4.78 is 0. The van der Waals surface area contributed by atoms with E-state index in [9.17, 15) is 9.59 Å². The monoisotopic (exact) mass is 321 g/mol. The molecular weight excluding hydrogens is 306 g/mol. The van der Waals surface area contributed by atoms with E-state index in [0.717, 1.165) is 5.56 Å². The van der Waals surface area contributed by atoms with Gasteiger partial charge in [0.25, 0.3) is 5.91 Å². The number of carbonyl (C=O) groups excluding carboxylic acids is 2. The standard InChI is InChI=1S/C17H15N5O2/c23-15(9-12-5-2-1-3-6-12)20-13-7-4-8-14(10-13)21-17(24)16-18-11-19-22-16/h1-8,10-11H,9H2,(H,20,23)(H,21,24)(H,18,19,22). The fourth-order valence-corrected chi connectivity index (χ4v) is 2.17. The maximum absolute atomic E-state index is 12.1. The Bertz CT molecular complexity index is 831. The van der Waals surface area contributed by atoms with Gasteiger partial charge in [-0.05, 0) is 23.8 Å². The quantitative estimate of drug-likeness (QED) is 0.671. The molecule has 0 aliphatic rings. The van der Waals surface area contributed by atoms with E-state index in [1.54, 1.807) is 24.3 Å². The normalized spacial score (nSPS) is 10.2. The van der Waals surface area contributed by atoms with Crippen molar-refractivity contribution in [1.82, 2.24) is 15.2 Å². The minimum atomic E-state index is -0.403. The lowest BCUT2D eigenvalue weighted by atomic mass is 10.1. The van der Waals surface area contributed by atoms with Crippen LogP contribution in [0.1, 0.15) is 16.2 Å². The largest absolute Gasteiger partial charge is 0.326 e. The molecule has 0 spiro atoms. The number of nitrogens with one attached hydrogen (secondary N) is 3. The molecule has 0 bridgehead atoms. The number of amides is 2. The molecule has 24 heavy (non-hydrogen) atoms. The lowest BCUT2D eigenvalue weighted by Gasteiger charge is -2.08. The molecule has 3 aromatic rings. The van der Waals surface area contributed by atoms with Crippen LogP contribution in [0.5, 0.6) is 0 Å². The average Bonchev–Trinajstić information content (AvgIpc) is 3.10. The van der Waals surface area contributed by atoms with Crippen molar-refractivity contribution in [3.8, 4) is 0 Å². The Labute approximate surface area is 138 Å². The third-order valence-electron chi connectivity index (χ3n) is 3.24. The zero-order valence-corrected chi connectivity index (χ0v) is 12.7. The minimum Gasteiger partial charge on any atom is -0.326 e. The molecule has 0 atom stereocenters. The molecule has 3 rings (SSSR count). The van der Waals surface area contributed by atoms with Crippen molar-refractivity contribution < 1.29 is 9.59 Å². The van der Waals surface area contributed by atoms with Gasteiger partial charge in [0.2, 0.25) is 11.7 Å². The molecule has 0 saturated heterocycles. The Hall–Kier alpha value is -3.48. The number of carbonyl (C=O) groups is 2. The van der Waals surface area contributed by atoms with Gasteiger partial charge in [0.1, 0.15) is 6.33 Å². The van der Waals surface area contributed by atoms with Crippen LogP contribution in [0, 0.1) is 0 Å². The number of benzene rings is 2. The first-order valence-corrected chi connectivity index (χ1v) is 7.31. The summed E-state index contributed by atoms with van der Waals surface area (Å²) in [5.41, 5.74) is 2.09. The van der Waals surface area contributed by atoms with Gasteiger partial charge in [0.15, 0.2) is 0 Å². The summed E-state index contributed by atoms with van der Waals surface area (Å²) >= 11 is 0. The van der Waals surface area contributed by atoms with Gasteiger partial charge in [-0.2, -0.15) is 5.10 Å². The van der Waals surface area contributed by atoms with Gasteiger partial charge < -0.3 is 10.6 Å². The molecule has 7 nitrogen and oxygen atoms in total. The summed E-state index contributed by atoms with van der Waals surface area (Å²) in [5, 5.41) is 11.6. The maximum atomic E-state index is 12.1. The molecule has 3 N–H and O–H groups in total. The van der Waals surface area contributed by atoms with Crippen molar-refractivity contribution in [3.05, 3.63) is 72.3 Å². The number of hydrogen-bond donors (Lipinski definition) is 3. The molecule has 0 fully saturated rings. The first kappa shape index (κ1) is 15.4. The number of anilines is 2. The molecule has 0 aliphatic carbocycles. The van der Waals surface area contributed by atoms with E-state index in [4.69, 9.17) is 0 Å². The van der Waals surface area contributed by atoms with Gasteiger partial charge in [-0.25, -0.2) is 4.98 Å². The van der Waals surface area contributed by atoms with Crippen LogP contribution in [0.3, 0.4) is 0 Å². The SMILES string of the molecule is O=C(Cc1ccccc1)Nc1cccc(NC(=O)c2ncn[nH]2)c1. The Balaban J connectivity index is 1.62. The van der Waals surface area contributed by atoms with Crippen molar-refractivity contribution in [2.24, 2.45) is 0 Å². The molecule has 0 saturated carbocycles. The van der Waals surface area contributed by atoms with Crippen molar-refractivity contribution in [3.63, 3.8) is 0 Å². The van der Waals surface area contributed by atoms with Crippen LogP contribution in [0.2, 0.25) is 0 Å². The lowest BCUT2D eigenvalue weighted by molar-refractivity contribution is -0.115. The van der Waals surface area contributed by atoms with Crippen molar-refractivity contribution >= 4 is 23.2 Å². The third-order valence-corrected chi connectivity index (χ3v) is 3.24. The van der Waals surface area contributed by atoms with Crippen molar-refractivity contribution in [2.45, 2.75) is 6.42 Å². The van der Waals surface area contributed by atoms with Crippen molar-refractivity contribution in [2.75, 3.05) is 10.6 Å². The predicted molar refractivity (Wildman–Crippen MR) is 89.6 cm³/mol. The highest BCUT2D eigenvalue weighted by molar-refractivity contribution is 6.02. The second kappa shape index (κ2) is 7.19. The van der Waals surface area contributed by atoms with E-state index in [2.05, 4.69) is 25.8 Å². The van der Waals surface area contributed by atoms with Crippen LogP contribution in [0.4, 0.5) is 11.4 Å². The number of hydrogen-bond acceptors (Lipinski definition) is 4. The fourth-order valence-electron chi connectivity index (χ4n) is 2.17. The van der Waals surface area contributed by atoms with Crippen LogP contribution in [-0.2, 0) is 11.2 Å². The molecule has 0 aliphatic heterocycles. The Morgan fingerprint density at radius 3 is 2.42 bits per heavy atom. The average molecular weight is 321 g/mol. The summed E-state index contributed by atoms with van der Waals surface area (Å²) in [7, 11) is 0. The van der Waals surface area contributed by atoms with Gasteiger partial charge in [0, 0.05) is 11.4 Å². The van der Waals surface area contributed by atoms with E-state index >= 15 is 0 Å².